The number of carbonyl (C=O) groups is 1. The van der Waals surface area contributed by atoms with Crippen molar-refractivity contribution in [2.24, 2.45) is 0 Å². The lowest BCUT2D eigenvalue weighted by atomic mass is 9.94. The van der Waals surface area contributed by atoms with Crippen molar-refractivity contribution in [1.29, 1.82) is 0 Å². The average molecular weight is 294 g/mol. The highest BCUT2D eigenvalue weighted by Crippen LogP contribution is 2.39. The van der Waals surface area contributed by atoms with Gasteiger partial charge in [-0.25, -0.2) is 0 Å². The van der Waals surface area contributed by atoms with Gasteiger partial charge in [-0.05, 0) is 57.9 Å². The number of hydrogen-bond donors (Lipinski definition) is 1. The molecule has 0 radical (unpaired) electrons. The molecule has 3 atom stereocenters. The number of methoxy groups -OCH3 is 1. The number of esters is 1. The van der Waals surface area contributed by atoms with E-state index in [0.29, 0.717) is 12.1 Å². The van der Waals surface area contributed by atoms with E-state index in [2.05, 4.69) is 17.1 Å². The summed E-state index contributed by atoms with van der Waals surface area (Å²) >= 11 is 0. The van der Waals surface area contributed by atoms with E-state index in [1.807, 2.05) is 0 Å². The maximum Gasteiger partial charge on any atom is 0.326 e. The van der Waals surface area contributed by atoms with E-state index in [1.54, 1.807) is 0 Å². The fourth-order valence-electron chi connectivity index (χ4n) is 4.43. The largest absolute Gasteiger partial charge is 0.468 e. The fraction of sp³-hybridized carbons (Fsp3) is 0.941. The van der Waals surface area contributed by atoms with Gasteiger partial charge in [0.15, 0.2) is 0 Å². The fourth-order valence-corrected chi connectivity index (χ4v) is 4.43. The van der Waals surface area contributed by atoms with Crippen LogP contribution in [0.4, 0.5) is 0 Å². The summed E-state index contributed by atoms with van der Waals surface area (Å²) in [7, 11) is 1.53. The van der Waals surface area contributed by atoms with Crippen LogP contribution < -0.4 is 5.32 Å². The van der Waals surface area contributed by atoms with Gasteiger partial charge >= 0.3 is 5.97 Å². The number of carbonyl (C=O) groups excluding carboxylic acids is 1. The molecule has 4 nitrogen and oxygen atoms in total. The molecule has 3 aliphatic rings. The molecule has 3 unspecified atom stereocenters. The van der Waals surface area contributed by atoms with Gasteiger partial charge in [0.25, 0.3) is 0 Å². The first kappa shape index (κ1) is 15.3. The molecule has 1 heterocycles. The predicted octanol–water partition coefficient (Wildman–Crippen LogP) is 2.47. The van der Waals surface area contributed by atoms with Gasteiger partial charge in [0.2, 0.25) is 0 Å². The van der Waals surface area contributed by atoms with Crippen LogP contribution in [-0.2, 0) is 9.53 Å². The third-order valence-corrected chi connectivity index (χ3v) is 5.74. The molecule has 1 aliphatic heterocycles. The highest BCUT2D eigenvalue weighted by Gasteiger charge is 2.50. The van der Waals surface area contributed by atoms with Gasteiger partial charge in [0, 0.05) is 18.1 Å². The molecule has 0 aromatic rings. The van der Waals surface area contributed by atoms with Crippen LogP contribution in [0.5, 0.6) is 0 Å². The number of ether oxygens (including phenoxy) is 1. The maximum absolute atomic E-state index is 12.4. The minimum atomic E-state index is -0.406. The normalized spacial score (nSPS) is 37.6. The lowest BCUT2D eigenvalue weighted by Crippen LogP contribution is -2.54. The molecule has 0 amide bonds. The Morgan fingerprint density at radius 2 is 2.10 bits per heavy atom. The number of piperidine rings is 1. The SMILES string of the molecule is CCC1CCCCN1C1CCC(NC2CC2)(C(=O)OC)C1. The molecule has 120 valence electrons. The van der Waals surface area contributed by atoms with Gasteiger partial charge in [0.05, 0.1) is 7.11 Å². The van der Waals surface area contributed by atoms with Crippen LogP contribution in [0, 0.1) is 0 Å². The summed E-state index contributed by atoms with van der Waals surface area (Å²) in [6, 6.07) is 1.82. The summed E-state index contributed by atoms with van der Waals surface area (Å²) in [6.07, 6.45) is 10.7. The third kappa shape index (κ3) is 3.11. The van der Waals surface area contributed by atoms with Crippen molar-refractivity contribution >= 4 is 5.97 Å². The molecule has 3 fully saturated rings. The highest BCUT2D eigenvalue weighted by atomic mass is 16.5. The van der Waals surface area contributed by atoms with Crippen LogP contribution in [0.15, 0.2) is 0 Å². The molecule has 2 saturated carbocycles. The summed E-state index contributed by atoms with van der Waals surface area (Å²) in [5.74, 6) is -0.0399. The van der Waals surface area contributed by atoms with E-state index >= 15 is 0 Å². The summed E-state index contributed by atoms with van der Waals surface area (Å²) in [6.45, 7) is 3.51. The number of nitrogens with one attached hydrogen (secondary N) is 1. The molecule has 0 bridgehead atoms. The van der Waals surface area contributed by atoms with Crippen molar-refractivity contribution in [3.05, 3.63) is 0 Å². The van der Waals surface area contributed by atoms with Crippen LogP contribution in [-0.4, -0.2) is 48.2 Å². The van der Waals surface area contributed by atoms with Gasteiger partial charge in [0.1, 0.15) is 5.54 Å². The van der Waals surface area contributed by atoms with Crippen LogP contribution >= 0.6 is 0 Å². The summed E-state index contributed by atoms with van der Waals surface area (Å²) in [4.78, 5) is 15.1. The van der Waals surface area contributed by atoms with Crippen molar-refractivity contribution in [3.8, 4) is 0 Å². The number of nitrogens with zero attached hydrogens (tertiary/aromatic N) is 1. The Bertz CT molecular complexity index is 383. The Morgan fingerprint density at radius 3 is 2.76 bits per heavy atom. The minimum absolute atomic E-state index is 0.0399. The molecular formula is C17H30N2O2. The molecule has 1 saturated heterocycles. The van der Waals surface area contributed by atoms with Crippen LogP contribution in [0.3, 0.4) is 0 Å². The van der Waals surface area contributed by atoms with E-state index in [0.717, 1.165) is 25.3 Å². The Morgan fingerprint density at radius 1 is 1.29 bits per heavy atom. The third-order valence-electron chi connectivity index (χ3n) is 5.74. The summed E-state index contributed by atoms with van der Waals surface area (Å²) in [5, 5.41) is 3.62. The molecule has 3 rings (SSSR count). The second kappa shape index (κ2) is 6.25. The maximum atomic E-state index is 12.4. The van der Waals surface area contributed by atoms with Crippen LogP contribution in [0.25, 0.3) is 0 Å². The first-order chi connectivity index (χ1) is 10.2. The second-order valence-electron chi connectivity index (χ2n) is 7.18. The number of rotatable bonds is 5. The van der Waals surface area contributed by atoms with Crippen molar-refractivity contribution in [2.75, 3.05) is 13.7 Å². The Hall–Kier alpha value is -0.610. The molecule has 2 aliphatic carbocycles. The second-order valence-corrected chi connectivity index (χ2v) is 7.18. The van der Waals surface area contributed by atoms with E-state index in [-0.39, 0.29) is 5.97 Å². The quantitative estimate of drug-likeness (QED) is 0.791. The minimum Gasteiger partial charge on any atom is -0.468 e. The number of hydrogen-bond acceptors (Lipinski definition) is 4. The number of likely N-dealkylation sites (tertiary alicyclic amines) is 1. The zero-order chi connectivity index (χ0) is 14.9. The Balaban J connectivity index is 1.70. The molecule has 21 heavy (non-hydrogen) atoms. The highest BCUT2D eigenvalue weighted by molar-refractivity contribution is 5.81. The van der Waals surface area contributed by atoms with Crippen molar-refractivity contribution in [2.45, 2.75) is 88.4 Å². The zero-order valence-corrected chi connectivity index (χ0v) is 13.6. The van der Waals surface area contributed by atoms with Gasteiger partial charge in [-0.1, -0.05) is 13.3 Å². The lowest BCUT2D eigenvalue weighted by Gasteiger charge is -2.40. The molecule has 0 spiro atoms. The van der Waals surface area contributed by atoms with Crippen molar-refractivity contribution < 1.29 is 9.53 Å². The zero-order valence-electron chi connectivity index (χ0n) is 13.6. The van der Waals surface area contributed by atoms with Gasteiger partial charge in [-0.2, -0.15) is 0 Å². The van der Waals surface area contributed by atoms with E-state index in [1.165, 1.54) is 52.2 Å². The van der Waals surface area contributed by atoms with Crippen LogP contribution in [0.2, 0.25) is 0 Å². The van der Waals surface area contributed by atoms with Gasteiger partial charge in [-0.15, -0.1) is 0 Å². The molecular weight excluding hydrogens is 264 g/mol. The average Bonchev–Trinajstić information content (AvgIpc) is 3.23. The first-order valence-corrected chi connectivity index (χ1v) is 8.80. The first-order valence-electron chi connectivity index (χ1n) is 8.80. The summed E-state index contributed by atoms with van der Waals surface area (Å²) < 4.78 is 5.14. The Labute approximate surface area is 128 Å². The smallest absolute Gasteiger partial charge is 0.326 e. The standard InChI is InChI=1S/C17H30N2O2/c1-3-14-6-4-5-11-19(14)15-9-10-17(12-15,16(20)21-2)18-13-7-8-13/h13-15,18H,3-12H2,1-2H3. The van der Waals surface area contributed by atoms with Crippen molar-refractivity contribution in [3.63, 3.8) is 0 Å². The van der Waals surface area contributed by atoms with E-state index in [9.17, 15) is 4.79 Å². The van der Waals surface area contributed by atoms with Crippen LogP contribution in [0.1, 0.15) is 64.7 Å². The lowest BCUT2D eigenvalue weighted by molar-refractivity contribution is -0.148. The monoisotopic (exact) mass is 294 g/mol. The van der Waals surface area contributed by atoms with Gasteiger partial charge < -0.3 is 4.74 Å². The van der Waals surface area contributed by atoms with Crippen molar-refractivity contribution in [1.82, 2.24) is 10.2 Å². The molecule has 0 aromatic heterocycles. The topological polar surface area (TPSA) is 41.6 Å². The van der Waals surface area contributed by atoms with E-state index in [4.69, 9.17) is 4.74 Å². The molecule has 0 aromatic carbocycles. The predicted molar refractivity (Wildman–Crippen MR) is 83.2 cm³/mol. The van der Waals surface area contributed by atoms with Gasteiger partial charge in [-0.3, -0.25) is 15.0 Å². The summed E-state index contributed by atoms with van der Waals surface area (Å²) in [5.41, 5.74) is -0.406. The van der Waals surface area contributed by atoms with E-state index < -0.39 is 5.54 Å². The molecule has 1 N–H and O–H groups in total. The Kier molecular flexibility index (Phi) is 4.55. The molecule has 4 heteroatoms.